The molecule has 1 saturated carbocycles. The Kier molecular flexibility index (Phi) is 5.83. The molecule has 1 aliphatic rings. The maximum Gasteiger partial charge on any atom is 0.251 e. The van der Waals surface area contributed by atoms with Crippen molar-refractivity contribution >= 4 is 5.91 Å². The highest BCUT2D eigenvalue weighted by Gasteiger charge is 2.15. The zero-order valence-corrected chi connectivity index (χ0v) is 12.6. The van der Waals surface area contributed by atoms with E-state index < -0.39 is 0 Å². The highest BCUT2D eigenvalue weighted by atomic mass is 16.2. The van der Waals surface area contributed by atoms with Crippen LogP contribution in [0.1, 0.15) is 53.6 Å². The third-order valence-electron chi connectivity index (χ3n) is 4.07. The molecule has 2 rings (SSSR count). The van der Waals surface area contributed by atoms with E-state index in [1.807, 2.05) is 19.1 Å². The molecule has 0 atom stereocenters. The number of carbonyl (C=O) groups excluding carboxylic acids is 1. The Bertz CT molecular complexity index is 548. The second kappa shape index (κ2) is 7.85. The number of aliphatic hydroxyl groups excluding tert-OH is 1. The van der Waals surface area contributed by atoms with E-state index in [1.165, 1.54) is 32.1 Å². The summed E-state index contributed by atoms with van der Waals surface area (Å²) in [6, 6.07) is 5.50. The lowest BCUT2D eigenvalue weighted by atomic mass is 9.89. The van der Waals surface area contributed by atoms with Crippen molar-refractivity contribution in [3.63, 3.8) is 0 Å². The Labute approximate surface area is 126 Å². The van der Waals surface area contributed by atoms with Crippen LogP contribution in [0.4, 0.5) is 0 Å². The van der Waals surface area contributed by atoms with Crippen molar-refractivity contribution < 1.29 is 9.90 Å². The van der Waals surface area contributed by atoms with Crippen LogP contribution in [0.25, 0.3) is 0 Å². The lowest BCUT2D eigenvalue weighted by molar-refractivity contribution is 0.0943. The minimum atomic E-state index is -0.150. The number of aliphatic hydroxyl groups is 1. The van der Waals surface area contributed by atoms with Crippen molar-refractivity contribution in [2.75, 3.05) is 13.2 Å². The van der Waals surface area contributed by atoms with Gasteiger partial charge in [0, 0.05) is 17.7 Å². The lowest BCUT2D eigenvalue weighted by Gasteiger charge is -2.21. The van der Waals surface area contributed by atoms with E-state index in [2.05, 4.69) is 17.2 Å². The molecule has 1 aromatic rings. The molecule has 0 saturated heterocycles. The van der Waals surface area contributed by atoms with Crippen LogP contribution in [0.2, 0.25) is 0 Å². The van der Waals surface area contributed by atoms with Crippen molar-refractivity contribution in [1.29, 1.82) is 0 Å². The third-order valence-corrected chi connectivity index (χ3v) is 4.07. The largest absolute Gasteiger partial charge is 0.384 e. The standard InChI is InChI=1S/C18H23NO2/c1-14-12-17(10-9-16(14)8-5-11-20)18(21)19-13-15-6-3-2-4-7-15/h9-10,12,15,20H,2-4,6-7,11,13H2,1H3,(H,19,21). The van der Waals surface area contributed by atoms with Gasteiger partial charge in [-0.15, -0.1) is 0 Å². The van der Waals surface area contributed by atoms with Crippen LogP contribution >= 0.6 is 0 Å². The van der Waals surface area contributed by atoms with Crippen LogP contribution in [0.3, 0.4) is 0 Å². The van der Waals surface area contributed by atoms with E-state index in [9.17, 15) is 4.79 Å². The van der Waals surface area contributed by atoms with Gasteiger partial charge in [-0.25, -0.2) is 0 Å². The zero-order valence-electron chi connectivity index (χ0n) is 12.6. The van der Waals surface area contributed by atoms with E-state index in [-0.39, 0.29) is 12.5 Å². The van der Waals surface area contributed by atoms with Gasteiger partial charge in [-0.1, -0.05) is 31.1 Å². The molecule has 1 aromatic carbocycles. The first-order valence-electron chi connectivity index (χ1n) is 7.69. The van der Waals surface area contributed by atoms with Crippen LogP contribution in [0, 0.1) is 24.7 Å². The molecule has 0 unspecified atom stereocenters. The third kappa shape index (κ3) is 4.61. The fourth-order valence-electron chi connectivity index (χ4n) is 2.81. The van der Waals surface area contributed by atoms with Crippen LogP contribution in [0.15, 0.2) is 18.2 Å². The summed E-state index contributed by atoms with van der Waals surface area (Å²) in [5.41, 5.74) is 2.49. The van der Waals surface area contributed by atoms with Crippen LogP contribution in [-0.4, -0.2) is 24.2 Å². The molecule has 0 aromatic heterocycles. The van der Waals surface area contributed by atoms with Crippen molar-refractivity contribution in [3.05, 3.63) is 34.9 Å². The molecular formula is C18H23NO2. The van der Waals surface area contributed by atoms with Gasteiger partial charge < -0.3 is 10.4 Å². The Hall–Kier alpha value is -1.79. The van der Waals surface area contributed by atoms with Gasteiger partial charge in [0.15, 0.2) is 0 Å². The molecule has 112 valence electrons. The normalized spacial score (nSPS) is 15.1. The molecule has 3 nitrogen and oxygen atoms in total. The Morgan fingerprint density at radius 1 is 1.33 bits per heavy atom. The molecule has 0 heterocycles. The minimum absolute atomic E-state index is 0.00894. The fraction of sp³-hybridized carbons (Fsp3) is 0.500. The number of hydrogen-bond acceptors (Lipinski definition) is 2. The van der Waals surface area contributed by atoms with Gasteiger partial charge in [-0.05, 0) is 49.4 Å². The number of amides is 1. The van der Waals surface area contributed by atoms with Gasteiger partial charge in [-0.3, -0.25) is 4.79 Å². The second-order valence-electron chi connectivity index (χ2n) is 5.70. The molecule has 1 amide bonds. The molecule has 0 radical (unpaired) electrons. The van der Waals surface area contributed by atoms with Gasteiger partial charge in [0.25, 0.3) is 5.91 Å². The molecule has 1 fully saturated rings. The summed E-state index contributed by atoms with van der Waals surface area (Å²) in [5.74, 6) is 6.14. The number of benzene rings is 1. The summed E-state index contributed by atoms with van der Waals surface area (Å²) in [6.07, 6.45) is 6.37. The number of carbonyl (C=O) groups is 1. The molecule has 0 aliphatic heterocycles. The summed E-state index contributed by atoms with van der Waals surface area (Å²) in [7, 11) is 0. The van der Waals surface area contributed by atoms with Crippen LogP contribution in [0.5, 0.6) is 0 Å². The smallest absolute Gasteiger partial charge is 0.251 e. The zero-order chi connectivity index (χ0) is 15.1. The first-order chi connectivity index (χ1) is 10.2. The first-order valence-corrected chi connectivity index (χ1v) is 7.69. The maximum absolute atomic E-state index is 12.2. The fourth-order valence-corrected chi connectivity index (χ4v) is 2.81. The van der Waals surface area contributed by atoms with Crippen LogP contribution < -0.4 is 5.32 Å². The number of rotatable bonds is 3. The predicted molar refractivity (Wildman–Crippen MR) is 84.1 cm³/mol. The minimum Gasteiger partial charge on any atom is -0.384 e. The topological polar surface area (TPSA) is 49.3 Å². The quantitative estimate of drug-likeness (QED) is 0.839. The molecule has 1 aliphatic carbocycles. The van der Waals surface area contributed by atoms with Gasteiger partial charge in [0.1, 0.15) is 6.61 Å². The van der Waals surface area contributed by atoms with E-state index >= 15 is 0 Å². The van der Waals surface area contributed by atoms with Gasteiger partial charge in [0.2, 0.25) is 0 Å². The van der Waals surface area contributed by atoms with Crippen molar-refractivity contribution in [2.24, 2.45) is 5.92 Å². The number of hydrogen-bond donors (Lipinski definition) is 2. The monoisotopic (exact) mass is 285 g/mol. The first kappa shape index (κ1) is 15.6. The highest BCUT2D eigenvalue weighted by Crippen LogP contribution is 2.22. The Morgan fingerprint density at radius 3 is 2.76 bits per heavy atom. The molecule has 3 heteroatoms. The maximum atomic E-state index is 12.2. The summed E-state index contributed by atoms with van der Waals surface area (Å²) < 4.78 is 0. The lowest BCUT2D eigenvalue weighted by Crippen LogP contribution is -2.30. The van der Waals surface area contributed by atoms with Gasteiger partial charge in [0.05, 0.1) is 0 Å². The summed E-state index contributed by atoms with van der Waals surface area (Å²) in [4.78, 5) is 12.2. The molecule has 2 N–H and O–H groups in total. The van der Waals surface area contributed by atoms with Crippen molar-refractivity contribution in [2.45, 2.75) is 39.0 Å². The highest BCUT2D eigenvalue weighted by molar-refractivity contribution is 5.94. The number of nitrogens with one attached hydrogen (secondary N) is 1. The average molecular weight is 285 g/mol. The van der Waals surface area contributed by atoms with Crippen LogP contribution in [-0.2, 0) is 0 Å². The SMILES string of the molecule is Cc1cc(C(=O)NCC2CCCCC2)ccc1C#CCO. The van der Waals surface area contributed by atoms with E-state index in [1.54, 1.807) is 6.07 Å². The van der Waals surface area contributed by atoms with Gasteiger partial charge >= 0.3 is 0 Å². The molecular weight excluding hydrogens is 262 g/mol. The molecule has 0 bridgehead atoms. The second-order valence-corrected chi connectivity index (χ2v) is 5.70. The van der Waals surface area contributed by atoms with Crippen molar-refractivity contribution in [3.8, 4) is 11.8 Å². The summed E-state index contributed by atoms with van der Waals surface area (Å²) >= 11 is 0. The Morgan fingerprint density at radius 2 is 2.10 bits per heavy atom. The van der Waals surface area contributed by atoms with E-state index in [0.717, 1.165) is 17.7 Å². The van der Waals surface area contributed by atoms with Crippen molar-refractivity contribution in [1.82, 2.24) is 5.32 Å². The molecule has 0 spiro atoms. The van der Waals surface area contributed by atoms with Gasteiger partial charge in [-0.2, -0.15) is 0 Å². The average Bonchev–Trinajstić information content (AvgIpc) is 2.52. The van der Waals surface area contributed by atoms with E-state index in [4.69, 9.17) is 5.11 Å². The molecule has 21 heavy (non-hydrogen) atoms. The summed E-state index contributed by atoms with van der Waals surface area (Å²) in [6.45, 7) is 2.56. The Balaban J connectivity index is 1.94. The summed E-state index contributed by atoms with van der Waals surface area (Å²) in [5, 5.41) is 11.8. The number of aryl methyl sites for hydroxylation is 1. The predicted octanol–water partition coefficient (Wildman–Crippen LogP) is 2.65. The van der Waals surface area contributed by atoms with E-state index in [0.29, 0.717) is 11.5 Å².